The van der Waals surface area contributed by atoms with E-state index in [9.17, 15) is 4.39 Å². The first-order valence-electron chi connectivity index (χ1n) is 6.02. The topological polar surface area (TPSA) is 12.0 Å². The van der Waals surface area contributed by atoms with Crippen molar-refractivity contribution in [2.24, 2.45) is 0 Å². The van der Waals surface area contributed by atoms with Gasteiger partial charge in [0.1, 0.15) is 5.67 Å². The maximum absolute atomic E-state index is 13.4. The molecule has 1 aromatic carbocycles. The van der Waals surface area contributed by atoms with Crippen LogP contribution in [0.25, 0.3) is 0 Å². The minimum absolute atomic E-state index is 0.406. The van der Waals surface area contributed by atoms with E-state index >= 15 is 0 Å². The van der Waals surface area contributed by atoms with Crippen LogP contribution >= 0.6 is 0 Å². The molecule has 1 aromatic rings. The fraction of sp³-hybridized carbons (Fsp3) is 0.571. The molecule has 1 saturated carbocycles. The van der Waals surface area contributed by atoms with Gasteiger partial charge in [0, 0.05) is 11.7 Å². The molecule has 0 amide bonds. The van der Waals surface area contributed by atoms with Crippen LogP contribution in [0.15, 0.2) is 24.3 Å². The number of rotatable bonds is 3. The molecule has 0 aliphatic heterocycles. The van der Waals surface area contributed by atoms with Gasteiger partial charge in [-0.15, -0.1) is 0 Å². The smallest absolute Gasteiger partial charge is 0.109 e. The normalized spacial score (nSPS) is 28.9. The number of halogens is 1. The number of hydrogen-bond donors (Lipinski definition) is 1. The quantitative estimate of drug-likeness (QED) is 0.809. The standard InChI is InChI=1S/C14H20FN/c1-10(2)16-13-6-4-5-11(7-13)12-8-14(3,15)9-12/h4-7,10,12,16H,8-9H2,1-3H3. The molecule has 1 aliphatic carbocycles. The maximum atomic E-state index is 13.4. The van der Waals surface area contributed by atoms with Crippen LogP contribution in [0, 0.1) is 0 Å². The Balaban J connectivity index is 2.06. The second-order valence-corrected chi connectivity index (χ2v) is 5.44. The lowest BCUT2D eigenvalue weighted by Crippen LogP contribution is -2.34. The molecule has 0 unspecified atom stereocenters. The van der Waals surface area contributed by atoms with E-state index < -0.39 is 5.67 Å². The van der Waals surface area contributed by atoms with E-state index in [4.69, 9.17) is 0 Å². The summed E-state index contributed by atoms with van der Waals surface area (Å²) >= 11 is 0. The van der Waals surface area contributed by atoms with Gasteiger partial charge in [0.15, 0.2) is 0 Å². The molecule has 1 N–H and O–H groups in total. The Morgan fingerprint density at radius 2 is 2.06 bits per heavy atom. The van der Waals surface area contributed by atoms with Crippen molar-refractivity contribution in [3.63, 3.8) is 0 Å². The number of anilines is 1. The average molecular weight is 221 g/mol. The van der Waals surface area contributed by atoms with Gasteiger partial charge in [-0.05, 0) is 57.2 Å². The molecule has 0 aromatic heterocycles. The lowest BCUT2D eigenvalue weighted by atomic mass is 9.70. The van der Waals surface area contributed by atoms with Crippen molar-refractivity contribution in [1.29, 1.82) is 0 Å². The largest absolute Gasteiger partial charge is 0.383 e. The van der Waals surface area contributed by atoms with Crippen LogP contribution in [0.1, 0.15) is 45.1 Å². The summed E-state index contributed by atoms with van der Waals surface area (Å²) in [6.07, 6.45) is 1.33. The minimum Gasteiger partial charge on any atom is -0.383 e. The van der Waals surface area contributed by atoms with Gasteiger partial charge < -0.3 is 5.32 Å². The van der Waals surface area contributed by atoms with E-state index in [1.165, 1.54) is 5.56 Å². The molecule has 0 heterocycles. The lowest BCUT2D eigenvalue weighted by molar-refractivity contribution is 0.0616. The van der Waals surface area contributed by atoms with Crippen LogP contribution in [0.2, 0.25) is 0 Å². The zero-order chi connectivity index (χ0) is 11.8. The van der Waals surface area contributed by atoms with E-state index in [1.807, 2.05) is 6.07 Å². The van der Waals surface area contributed by atoms with Gasteiger partial charge in [0.2, 0.25) is 0 Å². The molecule has 0 radical (unpaired) electrons. The first-order chi connectivity index (χ1) is 7.46. The van der Waals surface area contributed by atoms with Crippen LogP contribution in [0.4, 0.5) is 10.1 Å². The number of hydrogen-bond acceptors (Lipinski definition) is 1. The highest BCUT2D eigenvalue weighted by atomic mass is 19.1. The van der Waals surface area contributed by atoms with Crippen LogP contribution in [0.3, 0.4) is 0 Å². The van der Waals surface area contributed by atoms with Gasteiger partial charge >= 0.3 is 0 Å². The third-order valence-electron chi connectivity index (χ3n) is 3.16. The minimum atomic E-state index is -0.938. The fourth-order valence-corrected chi connectivity index (χ4v) is 2.42. The molecule has 1 aliphatic rings. The highest BCUT2D eigenvalue weighted by molar-refractivity contribution is 5.47. The first-order valence-corrected chi connectivity index (χ1v) is 6.02. The Morgan fingerprint density at radius 1 is 1.38 bits per heavy atom. The van der Waals surface area contributed by atoms with E-state index in [0.717, 1.165) is 5.69 Å². The van der Waals surface area contributed by atoms with Crippen molar-refractivity contribution in [3.8, 4) is 0 Å². The fourth-order valence-electron chi connectivity index (χ4n) is 2.42. The van der Waals surface area contributed by atoms with E-state index in [2.05, 4.69) is 37.4 Å². The molecule has 88 valence electrons. The summed E-state index contributed by atoms with van der Waals surface area (Å²) in [5.41, 5.74) is 1.47. The second kappa shape index (κ2) is 4.08. The Kier molecular flexibility index (Phi) is 2.92. The number of alkyl halides is 1. The van der Waals surface area contributed by atoms with Crippen LogP contribution in [0.5, 0.6) is 0 Å². The summed E-state index contributed by atoms with van der Waals surface area (Å²) in [5.74, 6) is 0.406. The molecule has 2 heteroatoms. The molecule has 2 rings (SSSR count). The van der Waals surface area contributed by atoms with Crippen molar-refractivity contribution < 1.29 is 4.39 Å². The molecular formula is C14H20FN. The summed E-state index contributed by atoms with van der Waals surface area (Å²) < 4.78 is 13.4. The second-order valence-electron chi connectivity index (χ2n) is 5.44. The predicted molar refractivity (Wildman–Crippen MR) is 66.7 cm³/mol. The van der Waals surface area contributed by atoms with Crippen molar-refractivity contribution in [2.75, 3.05) is 5.32 Å². The summed E-state index contributed by atoms with van der Waals surface area (Å²) in [4.78, 5) is 0. The molecule has 1 nitrogen and oxygen atoms in total. The Bertz CT molecular complexity index is 363. The van der Waals surface area contributed by atoms with Crippen molar-refractivity contribution in [2.45, 2.75) is 51.2 Å². The molecule has 1 fully saturated rings. The maximum Gasteiger partial charge on any atom is 0.109 e. The van der Waals surface area contributed by atoms with E-state index in [-0.39, 0.29) is 0 Å². The zero-order valence-electron chi connectivity index (χ0n) is 10.3. The monoisotopic (exact) mass is 221 g/mol. The van der Waals surface area contributed by atoms with Gasteiger partial charge in [0.25, 0.3) is 0 Å². The number of nitrogens with one attached hydrogen (secondary N) is 1. The van der Waals surface area contributed by atoms with Crippen LogP contribution in [-0.2, 0) is 0 Å². The average Bonchev–Trinajstić information content (AvgIpc) is 2.13. The highest BCUT2D eigenvalue weighted by Crippen LogP contribution is 2.47. The summed E-state index contributed by atoms with van der Waals surface area (Å²) in [6.45, 7) is 5.93. The summed E-state index contributed by atoms with van der Waals surface area (Å²) in [6, 6.07) is 8.80. The zero-order valence-corrected chi connectivity index (χ0v) is 10.3. The van der Waals surface area contributed by atoms with Crippen LogP contribution < -0.4 is 5.32 Å². The summed E-state index contributed by atoms with van der Waals surface area (Å²) in [5, 5.41) is 3.38. The van der Waals surface area contributed by atoms with Crippen LogP contribution in [-0.4, -0.2) is 11.7 Å². The van der Waals surface area contributed by atoms with E-state index in [0.29, 0.717) is 24.8 Å². The molecule has 0 atom stereocenters. The van der Waals surface area contributed by atoms with Gasteiger partial charge in [-0.2, -0.15) is 0 Å². The summed E-state index contributed by atoms with van der Waals surface area (Å²) in [7, 11) is 0. The Morgan fingerprint density at radius 3 is 2.62 bits per heavy atom. The third-order valence-corrected chi connectivity index (χ3v) is 3.16. The van der Waals surface area contributed by atoms with Crippen molar-refractivity contribution in [1.82, 2.24) is 0 Å². The number of benzene rings is 1. The molecule has 16 heavy (non-hydrogen) atoms. The third kappa shape index (κ3) is 2.55. The molecule has 0 spiro atoms. The first kappa shape index (κ1) is 11.4. The van der Waals surface area contributed by atoms with Crippen molar-refractivity contribution >= 4 is 5.69 Å². The van der Waals surface area contributed by atoms with Gasteiger partial charge in [-0.25, -0.2) is 4.39 Å². The van der Waals surface area contributed by atoms with Gasteiger partial charge in [0.05, 0.1) is 0 Å². The molecule has 0 bridgehead atoms. The van der Waals surface area contributed by atoms with Gasteiger partial charge in [-0.1, -0.05) is 12.1 Å². The highest BCUT2D eigenvalue weighted by Gasteiger charge is 2.41. The van der Waals surface area contributed by atoms with E-state index in [1.54, 1.807) is 6.92 Å². The SMILES string of the molecule is CC(C)Nc1cccc(C2CC(C)(F)C2)c1. The Hall–Kier alpha value is -1.05. The van der Waals surface area contributed by atoms with Gasteiger partial charge in [-0.3, -0.25) is 0 Å². The molecular weight excluding hydrogens is 201 g/mol. The lowest BCUT2D eigenvalue weighted by Gasteiger charge is -2.39. The predicted octanol–water partition coefficient (Wildman–Crippen LogP) is 4.11. The molecule has 0 saturated heterocycles. The van der Waals surface area contributed by atoms with Crippen molar-refractivity contribution in [3.05, 3.63) is 29.8 Å². The Labute approximate surface area is 97.1 Å².